The van der Waals surface area contributed by atoms with E-state index in [0.717, 1.165) is 57.8 Å². The van der Waals surface area contributed by atoms with E-state index in [1.54, 1.807) is 6.92 Å². The van der Waals surface area contributed by atoms with E-state index in [9.17, 15) is 23.4 Å². The van der Waals surface area contributed by atoms with Gasteiger partial charge in [0.25, 0.3) is 0 Å². The van der Waals surface area contributed by atoms with E-state index < -0.39 is 23.8 Å². The molecule has 29 heavy (non-hydrogen) atoms. The quantitative estimate of drug-likeness (QED) is 0.583. The molecule has 0 heterocycles. The summed E-state index contributed by atoms with van der Waals surface area (Å²) in [6.45, 7) is 8.26. The van der Waals surface area contributed by atoms with Gasteiger partial charge in [0.15, 0.2) is 6.10 Å². The maximum absolute atomic E-state index is 13.2. The number of aliphatic hydroxyl groups excluding tert-OH is 1. The second kappa shape index (κ2) is 6.85. The lowest BCUT2D eigenvalue weighted by molar-refractivity contribution is -0.228. The molecule has 0 aromatic rings. The van der Waals surface area contributed by atoms with Crippen molar-refractivity contribution < 1.29 is 23.4 Å². The molecule has 10 atom stereocenters. The smallest absolute Gasteiger partial charge is 0.390 e. The highest BCUT2D eigenvalue weighted by Gasteiger charge is 2.62. The van der Waals surface area contributed by atoms with Crippen LogP contribution in [0, 0.1) is 46.3 Å². The fraction of sp³-hybridized carbons (Fsp3) is 1.00. The molecule has 0 aromatic carbocycles. The van der Waals surface area contributed by atoms with Gasteiger partial charge in [-0.2, -0.15) is 13.2 Å². The highest BCUT2D eigenvalue weighted by molar-refractivity contribution is 5.11. The molecule has 2 nitrogen and oxygen atoms in total. The Morgan fingerprint density at radius 3 is 2.17 bits per heavy atom. The van der Waals surface area contributed by atoms with Crippen molar-refractivity contribution in [2.24, 2.45) is 46.3 Å². The van der Waals surface area contributed by atoms with Gasteiger partial charge in [-0.25, -0.2) is 0 Å². The Morgan fingerprint density at radius 1 is 0.862 bits per heavy atom. The van der Waals surface area contributed by atoms with Gasteiger partial charge in [-0.3, -0.25) is 0 Å². The number of halogens is 3. The number of fused-ring (bicyclic) bond motifs is 5. The number of rotatable bonds is 2. The van der Waals surface area contributed by atoms with Crippen molar-refractivity contribution in [2.45, 2.75) is 103 Å². The molecule has 0 aliphatic heterocycles. The summed E-state index contributed by atoms with van der Waals surface area (Å²) in [5, 5.41) is 20.6. The summed E-state index contributed by atoms with van der Waals surface area (Å²) >= 11 is 0. The first-order chi connectivity index (χ1) is 13.3. The number of hydrogen-bond donors (Lipinski definition) is 2. The lowest BCUT2D eigenvalue weighted by atomic mass is 9.43. The number of aliphatic hydroxyl groups is 2. The van der Waals surface area contributed by atoms with E-state index in [4.69, 9.17) is 0 Å². The molecule has 168 valence electrons. The lowest BCUT2D eigenvalue weighted by Gasteiger charge is -2.62. The normalized spacial score (nSPS) is 52.2. The van der Waals surface area contributed by atoms with Crippen LogP contribution in [0.25, 0.3) is 0 Å². The highest BCUT2D eigenvalue weighted by atomic mass is 19.4. The predicted molar refractivity (Wildman–Crippen MR) is 107 cm³/mol. The van der Waals surface area contributed by atoms with Crippen molar-refractivity contribution in [3.63, 3.8) is 0 Å². The Bertz CT molecular complexity index is 632. The van der Waals surface area contributed by atoms with Gasteiger partial charge >= 0.3 is 6.18 Å². The molecule has 0 amide bonds. The van der Waals surface area contributed by atoms with Crippen LogP contribution in [0.15, 0.2) is 0 Å². The molecular formula is C24H39F3O2. The van der Waals surface area contributed by atoms with Crippen molar-refractivity contribution >= 4 is 0 Å². The third kappa shape index (κ3) is 3.37. The maximum atomic E-state index is 13.2. The molecule has 4 saturated carbocycles. The average Bonchev–Trinajstić information content (AvgIpc) is 2.97. The zero-order chi connectivity index (χ0) is 21.4. The van der Waals surface area contributed by atoms with E-state index in [1.165, 1.54) is 0 Å². The zero-order valence-corrected chi connectivity index (χ0v) is 18.4. The van der Waals surface area contributed by atoms with Crippen LogP contribution < -0.4 is 0 Å². The number of hydrogen-bond acceptors (Lipinski definition) is 2. The maximum Gasteiger partial charge on any atom is 0.414 e. The Morgan fingerprint density at radius 2 is 1.52 bits per heavy atom. The van der Waals surface area contributed by atoms with E-state index in [2.05, 4.69) is 13.8 Å². The Kier molecular flexibility index (Phi) is 5.18. The standard InChI is InChI=1S/C24H39F3O2/c1-14(20(28)24(25,26)27)17-7-8-18-16-6-5-15-13-21(2,29)11-12-22(15,3)19(16)9-10-23(17,18)4/h14-20,28-29H,5-13H2,1-4H3/t14?,15-,16+,17-,18+,19+,20?,21+,22+,23-/m1/s1. The van der Waals surface area contributed by atoms with E-state index >= 15 is 0 Å². The molecule has 0 saturated heterocycles. The molecule has 0 radical (unpaired) electrons. The molecule has 4 rings (SSSR count). The zero-order valence-electron chi connectivity index (χ0n) is 18.4. The van der Waals surface area contributed by atoms with Gasteiger partial charge in [0.05, 0.1) is 5.60 Å². The molecule has 5 heteroatoms. The monoisotopic (exact) mass is 416 g/mol. The first kappa shape index (κ1) is 21.9. The fourth-order valence-electron chi connectivity index (χ4n) is 8.85. The summed E-state index contributed by atoms with van der Waals surface area (Å²) < 4.78 is 39.6. The van der Waals surface area contributed by atoms with Gasteiger partial charge in [0.2, 0.25) is 0 Å². The second-order valence-electron chi connectivity index (χ2n) is 11.9. The van der Waals surface area contributed by atoms with Gasteiger partial charge in [-0.1, -0.05) is 20.8 Å². The summed E-state index contributed by atoms with van der Waals surface area (Å²) in [5.41, 5.74) is -0.361. The average molecular weight is 417 g/mol. The minimum Gasteiger partial charge on any atom is -0.390 e. The fourth-order valence-corrected chi connectivity index (χ4v) is 8.85. The van der Waals surface area contributed by atoms with Crippen LogP contribution in [0.4, 0.5) is 13.2 Å². The van der Waals surface area contributed by atoms with Gasteiger partial charge < -0.3 is 10.2 Å². The van der Waals surface area contributed by atoms with Crippen molar-refractivity contribution in [1.29, 1.82) is 0 Å². The van der Waals surface area contributed by atoms with Crippen LogP contribution in [0.2, 0.25) is 0 Å². The topological polar surface area (TPSA) is 40.5 Å². The summed E-state index contributed by atoms with van der Waals surface area (Å²) in [6, 6.07) is 0. The summed E-state index contributed by atoms with van der Waals surface area (Å²) in [7, 11) is 0. The van der Waals surface area contributed by atoms with Crippen LogP contribution in [0.1, 0.15) is 85.5 Å². The van der Waals surface area contributed by atoms with Crippen LogP contribution in [0.3, 0.4) is 0 Å². The van der Waals surface area contributed by atoms with Gasteiger partial charge in [0, 0.05) is 0 Å². The molecule has 2 unspecified atom stereocenters. The van der Waals surface area contributed by atoms with Crippen LogP contribution >= 0.6 is 0 Å². The Labute approximate surface area is 173 Å². The molecular weight excluding hydrogens is 377 g/mol. The second-order valence-corrected chi connectivity index (χ2v) is 11.9. The number of alkyl halides is 3. The first-order valence-electron chi connectivity index (χ1n) is 11.8. The van der Waals surface area contributed by atoms with Gasteiger partial charge in [-0.15, -0.1) is 0 Å². The highest BCUT2D eigenvalue weighted by Crippen LogP contribution is 2.69. The predicted octanol–water partition coefficient (Wildman–Crippen LogP) is 5.96. The molecule has 0 spiro atoms. The van der Waals surface area contributed by atoms with Gasteiger partial charge in [-0.05, 0) is 111 Å². The van der Waals surface area contributed by atoms with E-state index in [-0.39, 0.29) is 16.7 Å². The van der Waals surface area contributed by atoms with Crippen LogP contribution in [-0.2, 0) is 0 Å². The minimum atomic E-state index is -4.53. The SMILES string of the molecule is CC(C(O)C(F)(F)F)[C@H]1CC[C@H]2[C@@H]3CC[C@@H]4C[C@@](C)(O)CC[C@]4(C)[C@H]3CC[C@]12C. The van der Waals surface area contributed by atoms with Crippen LogP contribution in [0.5, 0.6) is 0 Å². The van der Waals surface area contributed by atoms with Crippen molar-refractivity contribution in [3.8, 4) is 0 Å². The van der Waals surface area contributed by atoms with Crippen molar-refractivity contribution in [2.75, 3.05) is 0 Å². The molecule has 4 fully saturated rings. The third-order valence-electron chi connectivity index (χ3n) is 10.5. The van der Waals surface area contributed by atoms with Crippen molar-refractivity contribution in [3.05, 3.63) is 0 Å². The molecule has 2 N–H and O–H groups in total. The largest absolute Gasteiger partial charge is 0.414 e. The third-order valence-corrected chi connectivity index (χ3v) is 10.5. The summed E-state index contributed by atoms with van der Waals surface area (Å²) in [5.74, 6) is 1.49. The molecule has 4 aliphatic rings. The minimum absolute atomic E-state index is 0.0531. The Balaban J connectivity index is 1.55. The van der Waals surface area contributed by atoms with Crippen molar-refractivity contribution in [1.82, 2.24) is 0 Å². The van der Waals surface area contributed by atoms with E-state index in [0.29, 0.717) is 23.7 Å². The molecule has 0 aromatic heterocycles. The molecule has 0 bridgehead atoms. The Hall–Kier alpha value is -0.290. The summed E-state index contributed by atoms with van der Waals surface area (Å²) in [4.78, 5) is 0. The lowest BCUT2D eigenvalue weighted by Crippen LogP contribution is -2.56. The van der Waals surface area contributed by atoms with Gasteiger partial charge in [0.1, 0.15) is 0 Å². The molecule has 4 aliphatic carbocycles. The first-order valence-corrected chi connectivity index (χ1v) is 11.8. The van der Waals surface area contributed by atoms with E-state index in [1.807, 2.05) is 6.92 Å². The summed E-state index contributed by atoms with van der Waals surface area (Å²) in [6.07, 6.45) is 2.29. The van der Waals surface area contributed by atoms with Crippen LogP contribution in [-0.4, -0.2) is 28.1 Å².